The average Bonchev–Trinajstić information content (AvgIpc) is 1.63. The lowest BCUT2D eigenvalue weighted by molar-refractivity contribution is -0.143. The summed E-state index contributed by atoms with van der Waals surface area (Å²) >= 11 is 0. The molecule has 1 atom stereocenters. The van der Waals surface area contributed by atoms with Crippen LogP contribution >= 0.6 is 0 Å². The quantitative estimate of drug-likeness (QED) is 0.416. The second kappa shape index (κ2) is 4.13. The molecule has 0 rings (SSSR count). The van der Waals surface area contributed by atoms with Crippen LogP contribution < -0.4 is 0 Å². The number of ether oxygens (including phenoxy) is 1. The first-order valence-corrected chi connectivity index (χ1v) is 2.97. The van der Waals surface area contributed by atoms with Crippen molar-refractivity contribution in [1.82, 2.24) is 0 Å². The Morgan fingerprint density at radius 3 is 2.56 bits per heavy atom. The number of carbonyl (C=O) groups excluding carboxylic acids is 1. The molecule has 9 heavy (non-hydrogen) atoms. The molecule has 0 aliphatic rings. The van der Waals surface area contributed by atoms with Crippen LogP contribution in [0.5, 0.6) is 0 Å². The van der Waals surface area contributed by atoms with Crippen molar-refractivity contribution >= 4 is 5.97 Å². The first-order valence-electron chi connectivity index (χ1n) is 2.97. The molecule has 2 nitrogen and oxygen atoms in total. The molecular weight excluding hydrogens is 116 g/mol. The number of allylic oxidation sites excluding steroid dienone is 1. The Labute approximate surface area is 55.5 Å². The van der Waals surface area contributed by atoms with E-state index in [1.54, 1.807) is 0 Å². The highest BCUT2D eigenvalue weighted by molar-refractivity contribution is 5.66. The molecule has 0 amide bonds. The van der Waals surface area contributed by atoms with Gasteiger partial charge in [-0.3, -0.25) is 4.79 Å². The third-order valence-electron chi connectivity index (χ3n) is 0.815. The Hall–Kier alpha value is -0.790. The lowest BCUT2D eigenvalue weighted by atomic mass is 10.4. The number of hydrogen-bond donors (Lipinski definition) is 0. The van der Waals surface area contributed by atoms with Crippen LogP contribution in [0.25, 0.3) is 0 Å². The number of hydrogen-bond acceptors (Lipinski definition) is 2. The van der Waals surface area contributed by atoms with Crippen molar-refractivity contribution in [3.05, 3.63) is 12.2 Å². The van der Waals surface area contributed by atoms with Gasteiger partial charge in [0.1, 0.15) is 6.10 Å². The second-order valence-electron chi connectivity index (χ2n) is 1.84. The van der Waals surface area contributed by atoms with Gasteiger partial charge in [-0.1, -0.05) is 6.08 Å². The highest BCUT2D eigenvalue weighted by Gasteiger charge is 1.97. The molecule has 0 saturated carbocycles. The van der Waals surface area contributed by atoms with Gasteiger partial charge in [0, 0.05) is 6.92 Å². The largest absolute Gasteiger partial charge is 0.459 e. The molecule has 0 radical (unpaired) electrons. The maximum Gasteiger partial charge on any atom is 0.303 e. The van der Waals surface area contributed by atoms with E-state index in [9.17, 15) is 4.79 Å². The standard InChI is InChI=1S/C7H12O2/c1-4-5-6(2)9-7(3)8/h4-6H,1-3H3/b5-4-/t6-/m1/s1. The second-order valence-corrected chi connectivity index (χ2v) is 1.84. The van der Waals surface area contributed by atoms with E-state index in [0.29, 0.717) is 0 Å². The predicted molar refractivity (Wildman–Crippen MR) is 36.0 cm³/mol. The summed E-state index contributed by atoms with van der Waals surface area (Å²) in [6, 6.07) is 0. The van der Waals surface area contributed by atoms with E-state index in [1.165, 1.54) is 6.92 Å². The molecule has 0 saturated heterocycles. The first kappa shape index (κ1) is 8.21. The molecule has 0 aliphatic carbocycles. The van der Waals surface area contributed by atoms with Crippen LogP contribution in [0.4, 0.5) is 0 Å². The fraction of sp³-hybridized carbons (Fsp3) is 0.571. The fourth-order valence-electron chi connectivity index (χ4n) is 0.572. The van der Waals surface area contributed by atoms with E-state index in [-0.39, 0.29) is 12.1 Å². The van der Waals surface area contributed by atoms with Crippen molar-refractivity contribution in [3.63, 3.8) is 0 Å². The molecule has 0 spiro atoms. The monoisotopic (exact) mass is 128 g/mol. The lowest BCUT2D eigenvalue weighted by Crippen LogP contribution is -2.08. The Bertz CT molecular complexity index is 116. The van der Waals surface area contributed by atoms with Crippen LogP contribution in [-0.2, 0) is 9.53 Å². The maximum absolute atomic E-state index is 10.3. The number of rotatable bonds is 2. The molecule has 52 valence electrons. The van der Waals surface area contributed by atoms with Gasteiger partial charge in [-0.2, -0.15) is 0 Å². The molecule has 0 N–H and O–H groups in total. The van der Waals surface area contributed by atoms with Gasteiger partial charge in [0.2, 0.25) is 0 Å². The van der Waals surface area contributed by atoms with Gasteiger partial charge in [-0.25, -0.2) is 0 Å². The topological polar surface area (TPSA) is 26.3 Å². The molecule has 0 heterocycles. The van der Waals surface area contributed by atoms with Crippen LogP contribution in [0, 0.1) is 0 Å². The van der Waals surface area contributed by atoms with Crippen LogP contribution in [0.1, 0.15) is 20.8 Å². The minimum atomic E-state index is -0.236. The van der Waals surface area contributed by atoms with Gasteiger partial charge < -0.3 is 4.74 Å². The van der Waals surface area contributed by atoms with E-state index >= 15 is 0 Å². The Balaban J connectivity index is 3.50. The molecule has 0 aromatic heterocycles. The van der Waals surface area contributed by atoms with Gasteiger partial charge in [0.25, 0.3) is 0 Å². The molecule has 0 aromatic carbocycles. The summed E-state index contributed by atoms with van der Waals surface area (Å²) < 4.78 is 4.76. The molecular formula is C7H12O2. The lowest BCUT2D eigenvalue weighted by Gasteiger charge is -2.04. The third kappa shape index (κ3) is 5.07. The van der Waals surface area contributed by atoms with Crippen molar-refractivity contribution in [2.75, 3.05) is 0 Å². The fourth-order valence-corrected chi connectivity index (χ4v) is 0.572. The van der Waals surface area contributed by atoms with Gasteiger partial charge in [0.05, 0.1) is 0 Å². The molecule has 0 aliphatic heterocycles. The van der Waals surface area contributed by atoms with Crippen LogP contribution in [-0.4, -0.2) is 12.1 Å². The number of esters is 1. The van der Waals surface area contributed by atoms with Crippen molar-refractivity contribution in [2.24, 2.45) is 0 Å². The van der Waals surface area contributed by atoms with Gasteiger partial charge in [-0.05, 0) is 19.9 Å². The van der Waals surface area contributed by atoms with Crippen molar-refractivity contribution < 1.29 is 9.53 Å². The third-order valence-corrected chi connectivity index (χ3v) is 0.815. The Kier molecular flexibility index (Phi) is 3.76. The summed E-state index contributed by atoms with van der Waals surface area (Å²) in [5, 5.41) is 0. The van der Waals surface area contributed by atoms with Gasteiger partial charge in [0.15, 0.2) is 0 Å². The van der Waals surface area contributed by atoms with Crippen LogP contribution in [0.2, 0.25) is 0 Å². The summed E-state index contributed by atoms with van der Waals surface area (Å²) in [5.74, 6) is -0.236. The summed E-state index contributed by atoms with van der Waals surface area (Å²) in [6.45, 7) is 5.11. The van der Waals surface area contributed by atoms with Gasteiger partial charge in [-0.15, -0.1) is 0 Å². The van der Waals surface area contributed by atoms with E-state index in [2.05, 4.69) is 0 Å². The number of carbonyl (C=O) groups is 1. The zero-order chi connectivity index (χ0) is 7.28. The van der Waals surface area contributed by atoms with E-state index < -0.39 is 0 Å². The molecule has 0 fully saturated rings. The van der Waals surface area contributed by atoms with E-state index in [0.717, 1.165) is 0 Å². The minimum Gasteiger partial charge on any atom is -0.459 e. The molecule has 0 bridgehead atoms. The van der Waals surface area contributed by atoms with Crippen molar-refractivity contribution in [3.8, 4) is 0 Å². The van der Waals surface area contributed by atoms with Crippen LogP contribution in [0.3, 0.4) is 0 Å². The summed E-state index contributed by atoms with van der Waals surface area (Å²) in [4.78, 5) is 10.3. The van der Waals surface area contributed by atoms with Gasteiger partial charge >= 0.3 is 5.97 Å². The highest BCUT2D eigenvalue weighted by Crippen LogP contribution is 1.91. The first-order chi connectivity index (χ1) is 4.16. The minimum absolute atomic E-state index is 0.0903. The SMILES string of the molecule is C/C=C\[C@@H](C)OC(C)=O. The zero-order valence-corrected chi connectivity index (χ0v) is 6.05. The summed E-state index contributed by atoms with van der Waals surface area (Å²) in [7, 11) is 0. The Morgan fingerprint density at radius 1 is 1.67 bits per heavy atom. The summed E-state index contributed by atoms with van der Waals surface area (Å²) in [5.41, 5.74) is 0. The Morgan fingerprint density at radius 2 is 2.22 bits per heavy atom. The average molecular weight is 128 g/mol. The smallest absolute Gasteiger partial charge is 0.303 e. The predicted octanol–water partition coefficient (Wildman–Crippen LogP) is 1.51. The zero-order valence-electron chi connectivity index (χ0n) is 6.05. The molecule has 2 heteroatoms. The normalized spacial score (nSPS) is 13.7. The highest BCUT2D eigenvalue weighted by atomic mass is 16.5. The van der Waals surface area contributed by atoms with Crippen LogP contribution in [0.15, 0.2) is 12.2 Å². The maximum atomic E-state index is 10.3. The van der Waals surface area contributed by atoms with E-state index in [1.807, 2.05) is 26.0 Å². The summed E-state index contributed by atoms with van der Waals surface area (Å²) in [6.07, 6.45) is 3.59. The molecule has 0 aromatic rings. The van der Waals surface area contributed by atoms with Crippen molar-refractivity contribution in [1.29, 1.82) is 0 Å². The molecule has 0 unspecified atom stereocenters. The van der Waals surface area contributed by atoms with E-state index in [4.69, 9.17) is 4.74 Å². The van der Waals surface area contributed by atoms with Crippen molar-refractivity contribution in [2.45, 2.75) is 26.9 Å².